The molecule has 7 heteroatoms. The van der Waals surface area contributed by atoms with Gasteiger partial charge in [0.15, 0.2) is 6.61 Å². The van der Waals surface area contributed by atoms with E-state index in [1.807, 2.05) is 5.48 Å². The minimum Gasteiger partial charge on any atom is -0.479 e. The molecule has 0 aliphatic rings. The average Bonchev–Trinajstić information content (AvgIpc) is 2.21. The van der Waals surface area contributed by atoms with Gasteiger partial charge in [-0.25, -0.2) is 10.3 Å². The number of hydroxylamine groups is 1. The normalized spacial score (nSPS) is 9.88. The molecule has 0 aliphatic heterocycles. The lowest BCUT2D eigenvalue weighted by molar-refractivity contribution is -0.144. The Morgan fingerprint density at radius 1 is 1.50 bits per heavy atom. The second kappa shape index (κ2) is 5.83. The molecule has 0 spiro atoms. The summed E-state index contributed by atoms with van der Waals surface area (Å²) in [5.41, 5.74) is 2.17. The van der Waals surface area contributed by atoms with Crippen molar-refractivity contribution in [2.45, 2.75) is 0 Å². The zero-order chi connectivity index (χ0) is 12.1. The minimum absolute atomic E-state index is 0.196. The first-order chi connectivity index (χ1) is 7.52. The summed E-state index contributed by atoms with van der Waals surface area (Å²) < 4.78 is 0.569. The third kappa shape index (κ3) is 3.48. The zero-order valence-corrected chi connectivity index (χ0v) is 10.2. The number of benzene rings is 1. The molecule has 1 rings (SSSR count). The number of nitrogens with one attached hydrogen (secondary N) is 1. The van der Waals surface area contributed by atoms with E-state index >= 15 is 0 Å². The highest BCUT2D eigenvalue weighted by Gasteiger charge is 2.12. The van der Waals surface area contributed by atoms with E-state index in [-0.39, 0.29) is 10.6 Å². The lowest BCUT2D eigenvalue weighted by Crippen LogP contribution is -2.26. The number of aliphatic carboxylic acids is 1. The van der Waals surface area contributed by atoms with Crippen LogP contribution in [0.15, 0.2) is 22.7 Å². The molecule has 86 valence electrons. The van der Waals surface area contributed by atoms with Crippen molar-refractivity contribution in [3.63, 3.8) is 0 Å². The number of carboxylic acids is 1. The van der Waals surface area contributed by atoms with E-state index < -0.39 is 18.5 Å². The molecule has 0 saturated heterocycles. The summed E-state index contributed by atoms with van der Waals surface area (Å²) in [5.74, 6) is -1.78. The van der Waals surface area contributed by atoms with Gasteiger partial charge in [0, 0.05) is 4.47 Å². The van der Waals surface area contributed by atoms with E-state index in [1.165, 1.54) is 6.07 Å². The van der Waals surface area contributed by atoms with Gasteiger partial charge in [0.05, 0.1) is 10.6 Å². The summed E-state index contributed by atoms with van der Waals surface area (Å²) in [6, 6.07) is 4.80. The van der Waals surface area contributed by atoms with Gasteiger partial charge in [-0.15, -0.1) is 0 Å². The predicted molar refractivity (Wildman–Crippen MR) is 60.2 cm³/mol. The molecule has 0 atom stereocenters. The first-order valence-corrected chi connectivity index (χ1v) is 5.27. The fraction of sp³-hybridized carbons (Fsp3) is 0.111. The topological polar surface area (TPSA) is 75.6 Å². The van der Waals surface area contributed by atoms with Crippen LogP contribution in [0.3, 0.4) is 0 Å². The van der Waals surface area contributed by atoms with Crippen molar-refractivity contribution in [3.05, 3.63) is 33.3 Å². The largest absolute Gasteiger partial charge is 0.479 e. The first-order valence-electron chi connectivity index (χ1n) is 4.10. The maximum absolute atomic E-state index is 11.5. The molecule has 0 heterocycles. The number of carbonyl (C=O) groups is 2. The second-order valence-electron chi connectivity index (χ2n) is 2.71. The average molecular weight is 309 g/mol. The molecule has 5 nitrogen and oxygen atoms in total. The number of carbonyl (C=O) groups excluding carboxylic acids is 1. The Morgan fingerprint density at radius 3 is 2.81 bits per heavy atom. The molecule has 1 aromatic rings. The Labute approximate surface area is 104 Å². The highest BCUT2D eigenvalue weighted by atomic mass is 79.9. The third-order valence-electron chi connectivity index (χ3n) is 1.56. The quantitative estimate of drug-likeness (QED) is 0.832. The van der Waals surface area contributed by atoms with Crippen molar-refractivity contribution in [1.29, 1.82) is 0 Å². The van der Waals surface area contributed by atoms with Gasteiger partial charge in [-0.2, -0.15) is 0 Å². The summed E-state index contributed by atoms with van der Waals surface area (Å²) >= 11 is 9.01. The molecule has 2 N–H and O–H groups in total. The van der Waals surface area contributed by atoms with Crippen molar-refractivity contribution in [2.24, 2.45) is 0 Å². The van der Waals surface area contributed by atoms with Gasteiger partial charge >= 0.3 is 5.97 Å². The van der Waals surface area contributed by atoms with Crippen LogP contribution < -0.4 is 5.48 Å². The molecule has 1 aromatic carbocycles. The van der Waals surface area contributed by atoms with Crippen LogP contribution in [0.4, 0.5) is 0 Å². The van der Waals surface area contributed by atoms with Gasteiger partial charge in [0.25, 0.3) is 5.91 Å². The molecule has 0 fully saturated rings. The number of rotatable bonds is 4. The molecule has 0 saturated carbocycles. The van der Waals surface area contributed by atoms with Crippen molar-refractivity contribution < 1.29 is 19.5 Å². The summed E-state index contributed by atoms with van der Waals surface area (Å²) in [4.78, 5) is 26.0. The molecule has 0 aromatic heterocycles. The van der Waals surface area contributed by atoms with E-state index in [4.69, 9.17) is 16.7 Å². The van der Waals surface area contributed by atoms with Crippen LogP contribution in [0.1, 0.15) is 10.4 Å². The monoisotopic (exact) mass is 307 g/mol. The van der Waals surface area contributed by atoms with Gasteiger partial charge in [0.1, 0.15) is 0 Å². The molecule has 0 unspecified atom stereocenters. The van der Waals surface area contributed by atoms with E-state index in [0.29, 0.717) is 4.47 Å². The lowest BCUT2D eigenvalue weighted by atomic mass is 10.2. The molecule has 0 radical (unpaired) electrons. The number of hydrogen-bond donors (Lipinski definition) is 2. The smallest absolute Gasteiger partial charge is 0.332 e. The molecule has 0 aliphatic carbocycles. The van der Waals surface area contributed by atoms with E-state index in [9.17, 15) is 9.59 Å². The van der Waals surface area contributed by atoms with E-state index in [1.54, 1.807) is 12.1 Å². The van der Waals surface area contributed by atoms with Crippen molar-refractivity contribution in [1.82, 2.24) is 5.48 Å². The Kier molecular flexibility index (Phi) is 4.72. The maximum Gasteiger partial charge on any atom is 0.332 e. The number of halogens is 2. The number of carboxylic acid groups (broad SMARTS) is 1. The number of hydrogen-bond acceptors (Lipinski definition) is 3. The van der Waals surface area contributed by atoms with Crippen LogP contribution in [-0.4, -0.2) is 23.6 Å². The summed E-state index contributed by atoms with van der Waals surface area (Å²) in [6.45, 7) is -0.614. The van der Waals surface area contributed by atoms with Crippen LogP contribution in [-0.2, 0) is 9.63 Å². The van der Waals surface area contributed by atoms with Crippen molar-refractivity contribution >= 4 is 39.4 Å². The molecular formula is C9H7BrClNO4. The summed E-state index contributed by atoms with van der Waals surface area (Å²) in [6.07, 6.45) is 0. The Morgan fingerprint density at radius 2 is 2.19 bits per heavy atom. The molecular weight excluding hydrogens is 301 g/mol. The van der Waals surface area contributed by atoms with Crippen LogP contribution >= 0.6 is 27.5 Å². The summed E-state index contributed by atoms with van der Waals surface area (Å²) in [5, 5.41) is 8.52. The molecule has 0 bridgehead atoms. The lowest BCUT2D eigenvalue weighted by Gasteiger charge is -2.06. The van der Waals surface area contributed by atoms with E-state index in [2.05, 4.69) is 20.8 Å². The van der Waals surface area contributed by atoms with Crippen LogP contribution in [0, 0.1) is 0 Å². The highest BCUT2D eigenvalue weighted by molar-refractivity contribution is 9.10. The molecule has 16 heavy (non-hydrogen) atoms. The maximum atomic E-state index is 11.5. The van der Waals surface area contributed by atoms with Crippen LogP contribution in [0.25, 0.3) is 0 Å². The van der Waals surface area contributed by atoms with Gasteiger partial charge < -0.3 is 5.11 Å². The summed E-state index contributed by atoms with van der Waals surface area (Å²) in [7, 11) is 0. The van der Waals surface area contributed by atoms with Crippen molar-refractivity contribution in [3.8, 4) is 0 Å². The number of amides is 1. The fourth-order valence-electron chi connectivity index (χ4n) is 0.898. The van der Waals surface area contributed by atoms with Gasteiger partial charge in [0.2, 0.25) is 0 Å². The van der Waals surface area contributed by atoms with Gasteiger partial charge in [-0.3, -0.25) is 9.63 Å². The SMILES string of the molecule is O=C(O)CONC(=O)c1cccc(Br)c1Cl. The second-order valence-corrected chi connectivity index (χ2v) is 3.95. The standard InChI is InChI=1S/C9H7BrClNO4/c10-6-3-1-2-5(8(6)11)9(15)12-16-4-7(13)14/h1-3H,4H2,(H,12,15)(H,13,14). The highest BCUT2D eigenvalue weighted by Crippen LogP contribution is 2.25. The fourth-order valence-corrected chi connectivity index (χ4v) is 1.48. The predicted octanol–water partition coefficient (Wildman–Crippen LogP) is 1.85. The zero-order valence-electron chi connectivity index (χ0n) is 7.87. The first kappa shape index (κ1) is 13.0. The minimum atomic E-state index is -1.18. The van der Waals surface area contributed by atoms with Crippen molar-refractivity contribution in [2.75, 3.05) is 6.61 Å². The Bertz CT molecular complexity index is 424. The van der Waals surface area contributed by atoms with Gasteiger partial charge in [-0.1, -0.05) is 17.7 Å². The van der Waals surface area contributed by atoms with Crippen LogP contribution in [0.5, 0.6) is 0 Å². The van der Waals surface area contributed by atoms with E-state index in [0.717, 1.165) is 0 Å². The molecule has 1 amide bonds. The van der Waals surface area contributed by atoms with Crippen LogP contribution in [0.2, 0.25) is 5.02 Å². The Hall–Kier alpha value is -1.11. The third-order valence-corrected chi connectivity index (χ3v) is 2.85. The van der Waals surface area contributed by atoms with Gasteiger partial charge in [-0.05, 0) is 28.1 Å². The Balaban J connectivity index is 2.66.